The van der Waals surface area contributed by atoms with E-state index < -0.39 is 5.60 Å². The molecule has 0 aliphatic carbocycles. The van der Waals surface area contributed by atoms with Crippen LogP contribution in [-0.4, -0.2) is 33.3 Å². The van der Waals surface area contributed by atoms with Gasteiger partial charge in [0.25, 0.3) is 5.91 Å². The summed E-state index contributed by atoms with van der Waals surface area (Å²) in [6, 6.07) is 1.33. The van der Waals surface area contributed by atoms with Crippen LogP contribution in [0, 0.1) is 5.92 Å². The highest BCUT2D eigenvalue weighted by Gasteiger charge is 2.22. The summed E-state index contributed by atoms with van der Waals surface area (Å²) in [5.74, 6) is -0.0710. The zero-order valence-corrected chi connectivity index (χ0v) is 11.0. The third-order valence-electron chi connectivity index (χ3n) is 2.46. The summed E-state index contributed by atoms with van der Waals surface area (Å²) in [6.07, 6.45) is 3.23. The first kappa shape index (κ1) is 14.4. The SMILES string of the molecule is CC(C)CC(C)(O)CNC(=O)c1cncc(O)c1. The zero-order chi connectivity index (χ0) is 13.8. The summed E-state index contributed by atoms with van der Waals surface area (Å²) < 4.78 is 0. The van der Waals surface area contributed by atoms with Gasteiger partial charge in [0.2, 0.25) is 0 Å². The summed E-state index contributed by atoms with van der Waals surface area (Å²) in [7, 11) is 0. The van der Waals surface area contributed by atoms with Gasteiger partial charge in [-0.05, 0) is 25.3 Å². The Kier molecular flexibility index (Phi) is 4.67. The largest absolute Gasteiger partial charge is 0.506 e. The van der Waals surface area contributed by atoms with Crippen molar-refractivity contribution in [2.75, 3.05) is 6.54 Å². The fraction of sp³-hybridized carbons (Fsp3) is 0.538. The summed E-state index contributed by atoms with van der Waals surface area (Å²) in [4.78, 5) is 15.5. The van der Waals surface area contributed by atoms with Crippen LogP contribution in [0.1, 0.15) is 37.6 Å². The Morgan fingerprint density at radius 3 is 2.72 bits per heavy atom. The van der Waals surface area contributed by atoms with E-state index in [1.54, 1.807) is 6.92 Å². The van der Waals surface area contributed by atoms with E-state index in [2.05, 4.69) is 10.3 Å². The molecule has 1 atom stereocenters. The van der Waals surface area contributed by atoms with Crippen LogP contribution >= 0.6 is 0 Å². The van der Waals surface area contributed by atoms with Crippen LogP contribution < -0.4 is 5.32 Å². The number of aromatic nitrogens is 1. The smallest absolute Gasteiger partial charge is 0.253 e. The van der Waals surface area contributed by atoms with Crippen molar-refractivity contribution in [2.24, 2.45) is 5.92 Å². The Labute approximate surface area is 107 Å². The minimum atomic E-state index is -0.936. The van der Waals surface area contributed by atoms with E-state index in [9.17, 15) is 15.0 Å². The molecule has 0 aromatic carbocycles. The van der Waals surface area contributed by atoms with Crippen molar-refractivity contribution in [3.05, 3.63) is 24.0 Å². The van der Waals surface area contributed by atoms with Crippen LogP contribution in [0.15, 0.2) is 18.5 Å². The lowest BCUT2D eigenvalue weighted by atomic mass is 9.94. The topological polar surface area (TPSA) is 82.5 Å². The molecule has 0 aliphatic rings. The predicted molar refractivity (Wildman–Crippen MR) is 68.3 cm³/mol. The Hall–Kier alpha value is -1.62. The zero-order valence-electron chi connectivity index (χ0n) is 11.0. The molecule has 3 N–H and O–H groups in total. The van der Waals surface area contributed by atoms with Gasteiger partial charge in [-0.25, -0.2) is 0 Å². The Morgan fingerprint density at radius 1 is 1.50 bits per heavy atom. The summed E-state index contributed by atoms with van der Waals surface area (Å²) >= 11 is 0. The molecule has 100 valence electrons. The number of aromatic hydroxyl groups is 1. The van der Waals surface area contributed by atoms with E-state index in [4.69, 9.17) is 0 Å². The Balaban J connectivity index is 2.56. The number of carbonyl (C=O) groups is 1. The summed E-state index contributed by atoms with van der Waals surface area (Å²) in [5.41, 5.74) is -0.663. The third-order valence-corrected chi connectivity index (χ3v) is 2.46. The van der Waals surface area contributed by atoms with Crippen molar-refractivity contribution in [1.82, 2.24) is 10.3 Å². The van der Waals surface area contributed by atoms with Gasteiger partial charge in [0.1, 0.15) is 5.75 Å². The van der Waals surface area contributed by atoms with Crippen molar-refractivity contribution in [3.63, 3.8) is 0 Å². The normalized spacial score (nSPS) is 14.3. The van der Waals surface area contributed by atoms with Crippen molar-refractivity contribution in [2.45, 2.75) is 32.8 Å². The summed E-state index contributed by atoms with van der Waals surface area (Å²) in [6.45, 7) is 5.87. The monoisotopic (exact) mass is 252 g/mol. The molecule has 1 unspecified atom stereocenters. The number of nitrogens with one attached hydrogen (secondary N) is 1. The molecule has 0 saturated carbocycles. The standard InChI is InChI=1S/C13H20N2O3/c1-9(2)5-13(3,18)8-15-12(17)10-4-11(16)7-14-6-10/h4,6-7,9,16,18H,5,8H2,1-3H3,(H,15,17). The molecule has 1 amide bonds. The number of amides is 1. The average molecular weight is 252 g/mol. The molecule has 1 rings (SSSR count). The van der Waals surface area contributed by atoms with E-state index in [0.29, 0.717) is 12.3 Å². The maximum atomic E-state index is 11.8. The lowest BCUT2D eigenvalue weighted by molar-refractivity contribution is 0.0368. The molecule has 0 saturated heterocycles. The fourth-order valence-electron chi connectivity index (χ4n) is 1.88. The number of rotatable bonds is 5. The number of hydrogen-bond acceptors (Lipinski definition) is 4. The van der Waals surface area contributed by atoms with E-state index in [-0.39, 0.29) is 23.8 Å². The molecule has 1 aromatic heterocycles. The van der Waals surface area contributed by atoms with Gasteiger partial charge in [0.05, 0.1) is 17.4 Å². The second-order valence-corrected chi connectivity index (χ2v) is 5.21. The van der Waals surface area contributed by atoms with Crippen LogP contribution in [0.3, 0.4) is 0 Å². The lowest BCUT2D eigenvalue weighted by Crippen LogP contribution is -2.41. The molecule has 1 aromatic rings. The predicted octanol–water partition coefficient (Wildman–Crippen LogP) is 1.31. The van der Waals surface area contributed by atoms with Crippen LogP contribution in [0.2, 0.25) is 0 Å². The van der Waals surface area contributed by atoms with Gasteiger partial charge in [-0.15, -0.1) is 0 Å². The Bertz CT molecular complexity index is 416. The second-order valence-electron chi connectivity index (χ2n) is 5.21. The van der Waals surface area contributed by atoms with Crippen LogP contribution in [0.5, 0.6) is 5.75 Å². The van der Waals surface area contributed by atoms with E-state index in [1.165, 1.54) is 18.5 Å². The van der Waals surface area contributed by atoms with Gasteiger partial charge in [0, 0.05) is 12.7 Å². The van der Waals surface area contributed by atoms with Crippen molar-refractivity contribution < 1.29 is 15.0 Å². The number of pyridine rings is 1. The van der Waals surface area contributed by atoms with Crippen LogP contribution in [0.4, 0.5) is 0 Å². The third kappa shape index (κ3) is 4.71. The average Bonchev–Trinajstić information content (AvgIpc) is 2.24. The van der Waals surface area contributed by atoms with Gasteiger partial charge in [-0.1, -0.05) is 13.8 Å². The molecule has 0 fully saturated rings. The lowest BCUT2D eigenvalue weighted by Gasteiger charge is -2.25. The number of hydrogen-bond donors (Lipinski definition) is 3. The number of aliphatic hydroxyl groups is 1. The molecular weight excluding hydrogens is 232 g/mol. The molecule has 18 heavy (non-hydrogen) atoms. The first-order valence-electron chi connectivity index (χ1n) is 5.95. The van der Waals surface area contributed by atoms with Gasteiger partial charge >= 0.3 is 0 Å². The van der Waals surface area contributed by atoms with E-state index in [0.717, 1.165) is 0 Å². The number of carbonyl (C=O) groups excluding carboxylic acids is 1. The highest BCUT2D eigenvalue weighted by Crippen LogP contribution is 2.15. The minimum Gasteiger partial charge on any atom is -0.506 e. The van der Waals surface area contributed by atoms with Crippen LogP contribution in [-0.2, 0) is 0 Å². The van der Waals surface area contributed by atoms with Crippen molar-refractivity contribution >= 4 is 5.91 Å². The molecule has 0 aliphatic heterocycles. The fourth-order valence-corrected chi connectivity index (χ4v) is 1.88. The van der Waals surface area contributed by atoms with Gasteiger partial charge in [0.15, 0.2) is 0 Å². The quantitative estimate of drug-likeness (QED) is 0.738. The Morgan fingerprint density at radius 2 is 2.17 bits per heavy atom. The highest BCUT2D eigenvalue weighted by atomic mass is 16.3. The van der Waals surface area contributed by atoms with E-state index in [1.807, 2.05) is 13.8 Å². The second kappa shape index (κ2) is 5.82. The van der Waals surface area contributed by atoms with E-state index >= 15 is 0 Å². The van der Waals surface area contributed by atoms with Crippen molar-refractivity contribution in [3.8, 4) is 5.75 Å². The van der Waals surface area contributed by atoms with Crippen molar-refractivity contribution in [1.29, 1.82) is 0 Å². The molecule has 5 heteroatoms. The first-order valence-corrected chi connectivity index (χ1v) is 5.95. The van der Waals surface area contributed by atoms with Crippen LogP contribution in [0.25, 0.3) is 0 Å². The minimum absolute atomic E-state index is 0.0587. The molecular formula is C13H20N2O3. The molecule has 5 nitrogen and oxygen atoms in total. The molecule has 0 bridgehead atoms. The molecule has 0 spiro atoms. The maximum Gasteiger partial charge on any atom is 0.253 e. The van der Waals surface area contributed by atoms with Gasteiger partial charge in [-0.3, -0.25) is 9.78 Å². The maximum absolute atomic E-state index is 11.8. The first-order chi connectivity index (χ1) is 8.30. The van der Waals surface area contributed by atoms with Gasteiger partial charge < -0.3 is 15.5 Å². The summed E-state index contributed by atoms with van der Waals surface area (Å²) in [5, 5.41) is 21.9. The number of nitrogens with zero attached hydrogens (tertiary/aromatic N) is 1. The van der Waals surface area contributed by atoms with Gasteiger partial charge in [-0.2, -0.15) is 0 Å². The highest BCUT2D eigenvalue weighted by molar-refractivity contribution is 5.94. The molecule has 0 radical (unpaired) electrons. The molecule has 1 heterocycles.